The van der Waals surface area contributed by atoms with E-state index in [9.17, 15) is 24.8 Å². The van der Waals surface area contributed by atoms with Gasteiger partial charge in [-0.1, -0.05) is 50.2 Å². The highest BCUT2D eigenvalue weighted by atomic mass is 16.6. The fourth-order valence-corrected chi connectivity index (χ4v) is 5.22. The van der Waals surface area contributed by atoms with Crippen molar-refractivity contribution >= 4 is 23.6 Å². The highest BCUT2D eigenvalue weighted by Crippen LogP contribution is 2.33. The molecule has 41 heavy (non-hydrogen) atoms. The fourth-order valence-electron chi connectivity index (χ4n) is 5.22. The smallest absolute Gasteiger partial charge is 0.411 e. The first kappa shape index (κ1) is 31.6. The molecule has 2 aromatic rings. The number of benzene rings is 2. The van der Waals surface area contributed by atoms with Crippen LogP contribution in [0.15, 0.2) is 42.5 Å². The molecule has 3 amide bonds. The second-order valence-corrected chi connectivity index (χ2v) is 11.5. The molecule has 220 valence electrons. The largest absolute Gasteiger partial charge is 0.444 e. The zero-order chi connectivity index (χ0) is 30.4. The number of anilines is 1. The van der Waals surface area contributed by atoms with E-state index >= 15 is 0 Å². The fraction of sp³-hybridized carbons (Fsp3) is 0.500. The van der Waals surface area contributed by atoms with Crippen molar-refractivity contribution in [2.45, 2.75) is 83.9 Å². The third kappa shape index (κ3) is 7.25. The molecule has 0 saturated heterocycles. The lowest BCUT2D eigenvalue weighted by Crippen LogP contribution is -2.63. The van der Waals surface area contributed by atoms with Crippen LogP contribution in [0.3, 0.4) is 0 Å². The van der Waals surface area contributed by atoms with E-state index in [1.165, 1.54) is 4.90 Å². The van der Waals surface area contributed by atoms with Crippen LogP contribution in [-0.2, 0) is 27.2 Å². The number of aliphatic hydroxyl groups is 1. The van der Waals surface area contributed by atoms with Crippen LogP contribution in [0.5, 0.6) is 0 Å². The molecule has 0 saturated carbocycles. The van der Waals surface area contributed by atoms with Crippen LogP contribution in [0.1, 0.15) is 65.0 Å². The Bertz CT molecular complexity index is 1290. The van der Waals surface area contributed by atoms with E-state index in [1.807, 2.05) is 49.4 Å². The van der Waals surface area contributed by atoms with Crippen molar-refractivity contribution in [3.63, 3.8) is 0 Å². The molecule has 2 N–H and O–H groups in total. The second kappa shape index (κ2) is 13.2. The van der Waals surface area contributed by atoms with E-state index in [2.05, 4.69) is 11.4 Å². The number of aliphatic hydroxyl groups excluding tert-OH is 1. The van der Waals surface area contributed by atoms with Gasteiger partial charge in [0.2, 0.25) is 11.8 Å². The van der Waals surface area contributed by atoms with E-state index in [4.69, 9.17) is 4.74 Å². The predicted octanol–water partition coefficient (Wildman–Crippen LogP) is 4.60. The summed E-state index contributed by atoms with van der Waals surface area (Å²) in [5.41, 5.74) is 2.62. The molecule has 1 aliphatic heterocycles. The summed E-state index contributed by atoms with van der Waals surface area (Å²) in [5.74, 6) is -0.416. The Balaban J connectivity index is 1.78. The van der Waals surface area contributed by atoms with E-state index in [-0.39, 0.29) is 38.3 Å². The minimum atomic E-state index is -1.37. The third-order valence-electron chi connectivity index (χ3n) is 7.46. The number of fused-ring (bicyclic) bond motifs is 1. The number of hydrogen-bond donors (Lipinski definition) is 2. The summed E-state index contributed by atoms with van der Waals surface area (Å²) in [6.07, 6.45) is 0.901. The maximum absolute atomic E-state index is 13.8. The van der Waals surface area contributed by atoms with Crippen LogP contribution in [0.2, 0.25) is 0 Å². The van der Waals surface area contributed by atoms with Crippen molar-refractivity contribution in [1.82, 2.24) is 10.2 Å². The lowest BCUT2D eigenvalue weighted by molar-refractivity contribution is -0.135. The van der Waals surface area contributed by atoms with Crippen molar-refractivity contribution in [3.05, 3.63) is 53.6 Å². The van der Waals surface area contributed by atoms with Crippen molar-refractivity contribution in [2.24, 2.45) is 0 Å². The first-order chi connectivity index (χ1) is 19.4. The van der Waals surface area contributed by atoms with E-state index in [1.54, 1.807) is 39.6 Å². The molecule has 9 heteroatoms. The number of nitrogens with one attached hydrogen (secondary N) is 1. The summed E-state index contributed by atoms with van der Waals surface area (Å²) in [6, 6.07) is 15.1. The zero-order valence-electron chi connectivity index (χ0n) is 25.0. The normalized spacial score (nSPS) is 15.0. The number of carbonyl (C=O) groups excluding carboxylic acids is 3. The number of nitrogens with zero attached hydrogens (tertiary/aromatic N) is 3. The van der Waals surface area contributed by atoms with Gasteiger partial charge in [0, 0.05) is 38.7 Å². The summed E-state index contributed by atoms with van der Waals surface area (Å²) in [6.45, 7) is 8.92. The maximum Gasteiger partial charge on any atom is 0.411 e. The Kier molecular flexibility index (Phi) is 10.2. The maximum atomic E-state index is 13.8. The minimum Gasteiger partial charge on any atom is -0.444 e. The summed E-state index contributed by atoms with van der Waals surface area (Å²) in [5, 5.41) is 22.7. The lowest BCUT2D eigenvalue weighted by atomic mass is 9.88. The van der Waals surface area contributed by atoms with E-state index in [0.717, 1.165) is 27.9 Å². The first-order valence-corrected chi connectivity index (χ1v) is 14.2. The number of hydrogen-bond acceptors (Lipinski definition) is 6. The van der Waals surface area contributed by atoms with Crippen LogP contribution in [0.25, 0.3) is 11.1 Å². The van der Waals surface area contributed by atoms with Gasteiger partial charge in [0.1, 0.15) is 17.2 Å². The molecule has 9 nitrogen and oxygen atoms in total. The van der Waals surface area contributed by atoms with Gasteiger partial charge in [-0.3, -0.25) is 14.5 Å². The Labute approximate surface area is 243 Å². The summed E-state index contributed by atoms with van der Waals surface area (Å²) >= 11 is 0. The van der Waals surface area contributed by atoms with Gasteiger partial charge in [0.05, 0.1) is 12.5 Å². The average Bonchev–Trinajstić information content (AvgIpc) is 3.21. The van der Waals surface area contributed by atoms with Crippen molar-refractivity contribution in [3.8, 4) is 17.2 Å². The highest BCUT2D eigenvalue weighted by molar-refractivity contribution is 6.01. The Morgan fingerprint density at radius 1 is 1.15 bits per heavy atom. The third-order valence-corrected chi connectivity index (χ3v) is 7.46. The molecule has 1 unspecified atom stereocenters. The standard InChI is InChI=1S/C32H42N4O5/c1-7-16-36(30(40)41-31(3,4)5)32(8-2,15-17-37)29(39)34-26(21-33)18-22-9-11-23(12-10-22)24-13-14-25-20-28(38)35(6)27(25)19-24/h9-14,19,26,37H,7-8,15-18,20H2,1-6H3,(H,34,39)/t26-,32?/m0/s1. The number of ether oxygens (including phenoxy) is 1. The van der Waals surface area contributed by atoms with Gasteiger partial charge in [0.25, 0.3) is 0 Å². The van der Waals surface area contributed by atoms with Gasteiger partial charge in [0.15, 0.2) is 0 Å². The SMILES string of the molecule is CCCN(C(=O)OC(C)(C)C)C(CC)(CCO)C(=O)N[C@H](C#N)Cc1ccc(-c2ccc3c(c2)N(C)C(=O)C3)cc1. The van der Waals surface area contributed by atoms with Crippen molar-refractivity contribution in [1.29, 1.82) is 5.26 Å². The van der Waals surface area contributed by atoms with E-state index < -0.39 is 29.2 Å². The monoisotopic (exact) mass is 562 g/mol. The number of likely N-dealkylation sites (N-methyl/N-ethyl adjacent to an activating group) is 1. The van der Waals surface area contributed by atoms with Gasteiger partial charge in [-0.15, -0.1) is 0 Å². The molecule has 2 atom stereocenters. The van der Waals surface area contributed by atoms with Crippen molar-refractivity contribution in [2.75, 3.05) is 25.1 Å². The summed E-state index contributed by atoms with van der Waals surface area (Å²) < 4.78 is 5.61. The molecule has 1 aliphatic rings. The van der Waals surface area contributed by atoms with Gasteiger partial charge in [-0.25, -0.2) is 4.79 Å². The highest BCUT2D eigenvalue weighted by Gasteiger charge is 2.46. The molecule has 0 aromatic heterocycles. The van der Waals surface area contributed by atoms with Crippen LogP contribution < -0.4 is 10.2 Å². The molecule has 3 rings (SSSR count). The quantitative estimate of drug-likeness (QED) is 0.413. The Hall–Kier alpha value is -3.90. The lowest BCUT2D eigenvalue weighted by Gasteiger charge is -2.42. The van der Waals surface area contributed by atoms with Crippen LogP contribution in [0.4, 0.5) is 10.5 Å². The molecule has 0 radical (unpaired) electrons. The topological polar surface area (TPSA) is 123 Å². The Morgan fingerprint density at radius 2 is 1.80 bits per heavy atom. The molecule has 1 heterocycles. The van der Waals surface area contributed by atoms with Crippen LogP contribution in [0, 0.1) is 11.3 Å². The molecule has 0 fully saturated rings. The molecule has 2 aromatic carbocycles. The molecule has 0 spiro atoms. The van der Waals surface area contributed by atoms with E-state index in [0.29, 0.717) is 12.8 Å². The number of carbonyl (C=O) groups is 3. The number of amides is 3. The van der Waals surface area contributed by atoms with Crippen LogP contribution in [-0.4, -0.2) is 65.3 Å². The molecular weight excluding hydrogens is 520 g/mol. The number of nitriles is 1. The molecule has 0 aliphatic carbocycles. The van der Waals surface area contributed by atoms with Gasteiger partial charge in [-0.05, 0) is 61.9 Å². The average molecular weight is 563 g/mol. The Morgan fingerprint density at radius 3 is 2.37 bits per heavy atom. The summed E-state index contributed by atoms with van der Waals surface area (Å²) in [7, 11) is 1.78. The summed E-state index contributed by atoms with van der Waals surface area (Å²) in [4.78, 5) is 42.1. The molecular formula is C32H42N4O5. The van der Waals surface area contributed by atoms with Gasteiger partial charge >= 0.3 is 6.09 Å². The zero-order valence-corrected chi connectivity index (χ0v) is 25.0. The van der Waals surface area contributed by atoms with Crippen molar-refractivity contribution < 1.29 is 24.2 Å². The number of rotatable bonds is 11. The van der Waals surface area contributed by atoms with Crippen LogP contribution >= 0.6 is 0 Å². The predicted molar refractivity (Wildman–Crippen MR) is 158 cm³/mol. The minimum absolute atomic E-state index is 0.0169. The molecule has 0 bridgehead atoms. The van der Waals surface area contributed by atoms with Gasteiger partial charge < -0.3 is 20.1 Å². The second-order valence-electron chi connectivity index (χ2n) is 11.5. The van der Waals surface area contributed by atoms with Gasteiger partial charge in [-0.2, -0.15) is 5.26 Å². The first-order valence-electron chi connectivity index (χ1n) is 14.2.